The summed E-state index contributed by atoms with van der Waals surface area (Å²) in [7, 11) is 0. The second-order valence-electron chi connectivity index (χ2n) is 6.03. The molecule has 0 aromatic carbocycles. The van der Waals surface area contributed by atoms with Gasteiger partial charge >= 0.3 is 5.97 Å². The molecule has 0 saturated heterocycles. The summed E-state index contributed by atoms with van der Waals surface area (Å²) in [4.78, 5) is 11.0. The molecule has 2 aliphatic carbocycles. The third-order valence-electron chi connectivity index (χ3n) is 4.02. The maximum Gasteiger partial charge on any atom is 0.303 e. The van der Waals surface area contributed by atoms with Crippen LogP contribution in [0.5, 0.6) is 0 Å². The van der Waals surface area contributed by atoms with Crippen LogP contribution < -0.4 is 0 Å². The number of fused-ring (bicyclic) bond motifs is 1. The fraction of sp³-hybridized carbons (Fsp3) is 0.667. The van der Waals surface area contributed by atoms with Crippen molar-refractivity contribution in [2.24, 2.45) is 11.8 Å². The molecule has 2 rings (SSSR count). The SMILES string of the molecule is CC(=O)OC(C)(C)C=C1C[C@H]2CC(C)=C(C)[C@@H]12. The van der Waals surface area contributed by atoms with E-state index in [1.54, 1.807) is 5.57 Å². The topological polar surface area (TPSA) is 26.3 Å². The first kappa shape index (κ1) is 12.4. The van der Waals surface area contributed by atoms with E-state index in [4.69, 9.17) is 4.74 Å². The predicted octanol–water partition coefficient (Wildman–Crippen LogP) is 3.63. The summed E-state index contributed by atoms with van der Waals surface area (Å²) in [5, 5.41) is 0. The largest absolute Gasteiger partial charge is 0.456 e. The number of rotatable bonds is 2. The lowest BCUT2D eigenvalue weighted by atomic mass is 9.68. The van der Waals surface area contributed by atoms with Gasteiger partial charge in [0, 0.05) is 12.8 Å². The molecule has 0 unspecified atom stereocenters. The Bertz CT molecular complexity index is 413. The number of ether oxygens (including phenoxy) is 1. The molecule has 0 bridgehead atoms. The van der Waals surface area contributed by atoms with E-state index < -0.39 is 5.60 Å². The van der Waals surface area contributed by atoms with Crippen LogP contribution in [-0.4, -0.2) is 11.6 Å². The summed E-state index contributed by atoms with van der Waals surface area (Å²) in [5.41, 5.74) is 4.07. The second kappa shape index (κ2) is 4.01. The first-order valence-electron chi connectivity index (χ1n) is 6.37. The Morgan fingerprint density at radius 2 is 2.00 bits per heavy atom. The van der Waals surface area contributed by atoms with Gasteiger partial charge in [0.25, 0.3) is 0 Å². The molecule has 0 aliphatic heterocycles. The highest BCUT2D eigenvalue weighted by Gasteiger charge is 2.42. The van der Waals surface area contributed by atoms with Gasteiger partial charge in [-0.05, 0) is 52.5 Å². The maximum absolute atomic E-state index is 11.0. The van der Waals surface area contributed by atoms with Crippen LogP contribution >= 0.6 is 0 Å². The van der Waals surface area contributed by atoms with E-state index in [1.165, 1.54) is 30.9 Å². The molecule has 0 spiro atoms. The first-order chi connectivity index (χ1) is 7.80. The molecule has 2 nitrogen and oxygen atoms in total. The van der Waals surface area contributed by atoms with Crippen molar-refractivity contribution in [1.29, 1.82) is 0 Å². The first-order valence-corrected chi connectivity index (χ1v) is 6.37. The van der Waals surface area contributed by atoms with Crippen LogP contribution in [0.15, 0.2) is 22.8 Å². The molecule has 94 valence electrons. The van der Waals surface area contributed by atoms with Crippen LogP contribution in [0.1, 0.15) is 47.5 Å². The monoisotopic (exact) mass is 234 g/mol. The highest BCUT2D eigenvalue weighted by atomic mass is 16.6. The molecule has 0 N–H and O–H groups in total. The number of allylic oxidation sites excluding steroid dienone is 3. The van der Waals surface area contributed by atoms with Gasteiger partial charge in [-0.25, -0.2) is 0 Å². The normalized spacial score (nSPS) is 30.3. The molecule has 1 saturated carbocycles. The summed E-state index contributed by atoms with van der Waals surface area (Å²) >= 11 is 0. The van der Waals surface area contributed by atoms with Gasteiger partial charge in [-0.1, -0.05) is 16.7 Å². The molecule has 2 atom stereocenters. The van der Waals surface area contributed by atoms with Crippen LogP contribution in [0, 0.1) is 11.8 Å². The smallest absolute Gasteiger partial charge is 0.303 e. The molecule has 0 heterocycles. The van der Waals surface area contributed by atoms with Crippen LogP contribution in [0.2, 0.25) is 0 Å². The van der Waals surface area contributed by atoms with Gasteiger partial charge in [0.15, 0.2) is 0 Å². The number of carbonyl (C=O) groups excluding carboxylic acids is 1. The zero-order valence-electron chi connectivity index (χ0n) is 11.5. The zero-order valence-corrected chi connectivity index (χ0v) is 11.5. The quantitative estimate of drug-likeness (QED) is 0.538. The fourth-order valence-electron chi connectivity index (χ4n) is 3.33. The van der Waals surface area contributed by atoms with E-state index in [-0.39, 0.29) is 5.97 Å². The zero-order chi connectivity index (χ0) is 12.8. The van der Waals surface area contributed by atoms with Crippen molar-refractivity contribution in [3.05, 3.63) is 22.8 Å². The van der Waals surface area contributed by atoms with Gasteiger partial charge in [0.05, 0.1) is 0 Å². The highest BCUT2D eigenvalue weighted by Crippen LogP contribution is 2.53. The van der Waals surface area contributed by atoms with Crippen molar-refractivity contribution < 1.29 is 9.53 Å². The highest BCUT2D eigenvalue weighted by molar-refractivity contribution is 5.66. The predicted molar refractivity (Wildman–Crippen MR) is 68.5 cm³/mol. The summed E-state index contributed by atoms with van der Waals surface area (Å²) in [6.45, 7) is 9.86. The summed E-state index contributed by atoms with van der Waals surface area (Å²) in [5.74, 6) is 1.23. The Balaban J connectivity index is 2.13. The minimum absolute atomic E-state index is 0.211. The minimum Gasteiger partial charge on any atom is -0.456 e. The molecule has 0 amide bonds. The Kier molecular flexibility index (Phi) is 2.92. The molecule has 0 aromatic heterocycles. The van der Waals surface area contributed by atoms with E-state index in [9.17, 15) is 4.79 Å². The molecule has 17 heavy (non-hydrogen) atoms. The average molecular weight is 234 g/mol. The van der Waals surface area contributed by atoms with Crippen molar-refractivity contribution in [2.75, 3.05) is 0 Å². The van der Waals surface area contributed by atoms with Crippen LogP contribution in [0.4, 0.5) is 0 Å². The standard InChI is InChI=1S/C15H22O2/c1-9-6-12-7-13(14(12)10(9)2)8-15(4,5)17-11(3)16/h8,12,14H,6-7H2,1-5H3/t12-,14-/m1/s1. The molecular formula is C15H22O2. The lowest BCUT2D eigenvalue weighted by Gasteiger charge is -2.38. The van der Waals surface area contributed by atoms with Gasteiger partial charge in [-0.15, -0.1) is 0 Å². The summed E-state index contributed by atoms with van der Waals surface area (Å²) in [6, 6.07) is 0. The van der Waals surface area contributed by atoms with Gasteiger partial charge in [0.2, 0.25) is 0 Å². The Morgan fingerprint density at radius 1 is 1.35 bits per heavy atom. The fourth-order valence-corrected chi connectivity index (χ4v) is 3.33. The van der Waals surface area contributed by atoms with E-state index in [2.05, 4.69) is 19.9 Å². The lowest BCUT2D eigenvalue weighted by Crippen LogP contribution is -2.31. The Labute approximate surface area is 104 Å². The van der Waals surface area contributed by atoms with Crippen LogP contribution in [0.25, 0.3) is 0 Å². The number of hydrogen-bond acceptors (Lipinski definition) is 2. The van der Waals surface area contributed by atoms with Crippen molar-refractivity contribution in [1.82, 2.24) is 0 Å². The average Bonchev–Trinajstić information content (AvgIpc) is 2.32. The lowest BCUT2D eigenvalue weighted by molar-refractivity contribution is -0.149. The van der Waals surface area contributed by atoms with E-state index in [1.807, 2.05) is 13.8 Å². The van der Waals surface area contributed by atoms with Crippen molar-refractivity contribution >= 4 is 5.97 Å². The van der Waals surface area contributed by atoms with Gasteiger partial charge < -0.3 is 4.74 Å². The van der Waals surface area contributed by atoms with Crippen molar-refractivity contribution in [3.8, 4) is 0 Å². The van der Waals surface area contributed by atoms with Gasteiger partial charge in [0.1, 0.15) is 5.60 Å². The minimum atomic E-state index is -0.469. The molecule has 0 radical (unpaired) electrons. The molecular weight excluding hydrogens is 212 g/mol. The Morgan fingerprint density at radius 3 is 2.53 bits per heavy atom. The van der Waals surface area contributed by atoms with Gasteiger partial charge in [-0.2, -0.15) is 0 Å². The maximum atomic E-state index is 11.0. The summed E-state index contributed by atoms with van der Waals surface area (Å²) < 4.78 is 5.32. The van der Waals surface area contributed by atoms with E-state index in [0.717, 1.165) is 5.92 Å². The van der Waals surface area contributed by atoms with E-state index >= 15 is 0 Å². The Hall–Kier alpha value is -1.05. The third-order valence-corrected chi connectivity index (χ3v) is 4.02. The molecule has 2 aliphatic rings. The summed E-state index contributed by atoms with van der Waals surface area (Å²) in [6.07, 6.45) is 4.57. The van der Waals surface area contributed by atoms with Crippen molar-refractivity contribution in [2.45, 2.75) is 53.1 Å². The van der Waals surface area contributed by atoms with Crippen LogP contribution in [-0.2, 0) is 9.53 Å². The number of carbonyl (C=O) groups is 1. The van der Waals surface area contributed by atoms with Crippen molar-refractivity contribution in [3.63, 3.8) is 0 Å². The number of hydrogen-bond donors (Lipinski definition) is 0. The number of esters is 1. The molecule has 1 fully saturated rings. The van der Waals surface area contributed by atoms with E-state index in [0.29, 0.717) is 5.92 Å². The molecule has 0 aromatic rings. The van der Waals surface area contributed by atoms with Gasteiger partial charge in [-0.3, -0.25) is 4.79 Å². The second-order valence-corrected chi connectivity index (χ2v) is 6.03. The third kappa shape index (κ3) is 2.31. The molecule has 2 heteroatoms. The van der Waals surface area contributed by atoms with Crippen LogP contribution in [0.3, 0.4) is 0 Å².